The second-order valence-corrected chi connectivity index (χ2v) is 8.15. The van der Waals surface area contributed by atoms with Crippen LogP contribution in [0.4, 0.5) is 11.4 Å². The number of benzene rings is 2. The first-order chi connectivity index (χ1) is 15.9. The number of nitrogens with zero attached hydrogens (tertiary/aromatic N) is 3. The molecule has 0 unspecified atom stereocenters. The lowest BCUT2D eigenvalue weighted by Gasteiger charge is -2.34. The zero-order valence-electron chi connectivity index (χ0n) is 19.1. The average Bonchev–Trinajstić information content (AvgIpc) is 3.05. The molecule has 3 amide bonds. The number of likely N-dealkylation sites (N-methyl/N-ethyl adjacent to an activating group) is 1. The number of ether oxygens (including phenoxy) is 1. The molecular weight excluding hydrogens is 420 g/mol. The highest BCUT2D eigenvalue weighted by molar-refractivity contribution is 6.45. The van der Waals surface area contributed by atoms with Gasteiger partial charge in [-0.2, -0.15) is 0 Å². The van der Waals surface area contributed by atoms with Gasteiger partial charge in [-0.3, -0.25) is 14.4 Å². The van der Waals surface area contributed by atoms with Crippen LogP contribution in [0.1, 0.15) is 19.4 Å². The fraction of sp³-hybridized carbons (Fsp3) is 0.320. The van der Waals surface area contributed by atoms with Gasteiger partial charge < -0.3 is 19.9 Å². The smallest absolute Gasteiger partial charge is 0.282 e. The van der Waals surface area contributed by atoms with Gasteiger partial charge in [0.2, 0.25) is 5.91 Å². The molecule has 0 aromatic heterocycles. The third kappa shape index (κ3) is 4.61. The van der Waals surface area contributed by atoms with Gasteiger partial charge in [0.15, 0.2) is 0 Å². The lowest BCUT2D eigenvalue weighted by Crippen LogP contribution is -2.46. The number of imide groups is 1. The number of rotatable bonds is 6. The molecule has 2 aliphatic heterocycles. The molecule has 0 aliphatic carbocycles. The van der Waals surface area contributed by atoms with Crippen LogP contribution in [0.3, 0.4) is 0 Å². The predicted molar refractivity (Wildman–Crippen MR) is 127 cm³/mol. The lowest BCUT2D eigenvalue weighted by atomic mass is 10.0. The van der Waals surface area contributed by atoms with Gasteiger partial charge in [-0.15, -0.1) is 0 Å². The van der Waals surface area contributed by atoms with Gasteiger partial charge in [-0.05, 0) is 43.8 Å². The van der Waals surface area contributed by atoms with Crippen molar-refractivity contribution in [3.8, 4) is 5.75 Å². The second-order valence-electron chi connectivity index (χ2n) is 8.15. The van der Waals surface area contributed by atoms with Crippen molar-refractivity contribution < 1.29 is 19.1 Å². The number of hydrogen-bond donors (Lipinski definition) is 1. The van der Waals surface area contributed by atoms with Crippen LogP contribution < -0.4 is 15.0 Å². The Labute approximate surface area is 193 Å². The van der Waals surface area contributed by atoms with Crippen LogP contribution in [0, 0.1) is 0 Å². The minimum atomic E-state index is -0.366. The maximum absolute atomic E-state index is 13.7. The van der Waals surface area contributed by atoms with E-state index in [1.165, 1.54) is 11.8 Å². The van der Waals surface area contributed by atoms with Crippen molar-refractivity contribution in [1.29, 1.82) is 0 Å². The molecule has 8 nitrogen and oxygen atoms in total. The Balaban J connectivity index is 1.75. The Morgan fingerprint density at radius 1 is 1.00 bits per heavy atom. The van der Waals surface area contributed by atoms with E-state index in [1.54, 1.807) is 48.5 Å². The van der Waals surface area contributed by atoms with Gasteiger partial charge in [0.1, 0.15) is 11.4 Å². The largest absolute Gasteiger partial charge is 0.494 e. The number of carbonyl (C=O) groups excluding carboxylic acids is 3. The molecule has 1 N–H and O–H groups in total. The Morgan fingerprint density at radius 3 is 2.33 bits per heavy atom. The topological polar surface area (TPSA) is 82.2 Å². The average molecular weight is 449 g/mol. The molecule has 8 heteroatoms. The summed E-state index contributed by atoms with van der Waals surface area (Å²) in [5.74, 6) is -0.272. The second kappa shape index (κ2) is 9.46. The van der Waals surface area contributed by atoms with E-state index in [9.17, 15) is 14.4 Å². The van der Waals surface area contributed by atoms with Crippen molar-refractivity contribution in [1.82, 2.24) is 9.80 Å². The minimum absolute atomic E-state index is 0.174. The van der Waals surface area contributed by atoms with Crippen LogP contribution in [0.5, 0.6) is 5.75 Å². The monoisotopic (exact) mass is 448 g/mol. The van der Waals surface area contributed by atoms with E-state index in [0.29, 0.717) is 53.7 Å². The van der Waals surface area contributed by atoms with Crippen LogP contribution >= 0.6 is 0 Å². The Hall–Kier alpha value is -3.65. The van der Waals surface area contributed by atoms with Crippen molar-refractivity contribution in [3.63, 3.8) is 0 Å². The van der Waals surface area contributed by atoms with Gasteiger partial charge in [0, 0.05) is 44.9 Å². The highest BCUT2D eigenvalue weighted by Gasteiger charge is 2.43. The minimum Gasteiger partial charge on any atom is -0.494 e. The van der Waals surface area contributed by atoms with E-state index in [-0.39, 0.29) is 17.7 Å². The molecule has 172 valence electrons. The SMILES string of the molecule is CCOc1cccc(N2C(=O)C(c3ccc(NC(C)=O)cc3)=C(N3CCN(C)CC3)C2=O)c1. The van der Waals surface area contributed by atoms with E-state index in [2.05, 4.69) is 10.2 Å². The lowest BCUT2D eigenvalue weighted by molar-refractivity contribution is -0.121. The highest BCUT2D eigenvalue weighted by atomic mass is 16.5. The number of amides is 3. The first-order valence-electron chi connectivity index (χ1n) is 11.1. The molecule has 2 heterocycles. The van der Waals surface area contributed by atoms with Crippen LogP contribution in [0.15, 0.2) is 54.2 Å². The molecular formula is C25H28N4O4. The molecule has 1 fully saturated rings. The molecule has 4 rings (SSSR count). The third-order valence-corrected chi connectivity index (χ3v) is 5.76. The molecule has 2 aromatic carbocycles. The molecule has 0 spiro atoms. The summed E-state index contributed by atoms with van der Waals surface area (Å²) in [6.45, 7) is 6.74. The maximum atomic E-state index is 13.7. The molecule has 0 radical (unpaired) electrons. The number of carbonyl (C=O) groups is 3. The fourth-order valence-corrected chi connectivity index (χ4v) is 4.14. The number of piperazine rings is 1. The molecule has 0 atom stereocenters. The standard InChI is InChI=1S/C25H28N4O4/c1-4-33-21-7-5-6-20(16-21)29-24(31)22(18-8-10-19(11-9-18)26-17(2)30)23(25(29)32)28-14-12-27(3)13-15-28/h5-11,16H,4,12-15H2,1-3H3,(H,26,30). The van der Waals surface area contributed by atoms with Gasteiger partial charge in [0.05, 0.1) is 17.9 Å². The first-order valence-corrected chi connectivity index (χ1v) is 11.1. The number of hydrogen-bond acceptors (Lipinski definition) is 6. The van der Waals surface area contributed by atoms with Crippen LogP contribution in [0.2, 0.25) is 0 Å². The Morgan fingerprint density at radius 2 is 1.70 bits per heavy atom. The first kappa shape index (κ1) is 22.5. The summed E-state index contributed by atoms with van der Waals surface area (Å²) in [6, 6.07) is 14.0. The van der Waals surface area contributed by atoms with Crippen LogP contribution in [0.25, 0.3) is 5.57 Å². The van der Waals surface area contributed by atoms with Crippen LogP contribution in [-0.4, -0.2) is 67.4 Å². The van der Waals surface area contributed by atoms with Gasteiger partial charge in [-0.1, -0.05) is 18.2 Å². The Bertz CT molecular complexity index is 1100. The summed E-state index contributed by atoms with van der Waals surface area (Å²) in [5, 5.41) is 2.73. The van der Waals surface area contributed by atoms with Crippen molar-refractivity contribution in [3.05, 3.63) is 59.8 Å². The third-order valence-electron chi connectivity index (χ3n) is 5.76. The van der Waals surface area contributed by atoms with Gasteiger partial charge in [0.25, 0.3) is 11.8 Å². The maximum Gasteiger partial charge on any atom is 0.282 e. The van der Waals surface area contributed by atoms with Crippen molar-refractivity contribution >= 4 is 34.7 Å². The summed E-state index contributed by atoms with van der Waals surface area (Å²) < 4.78 is 5.57. The fourth-order valence-electron chi connectivity index (χ4n) is 4.14. The normalized spacial score (nSPS) is 17.1. The van der Waals surface area contributed by atoms with E-state index < -0.39 is 0 Å². The Kier molecular flexibility index (Phi) is 6.46. The predicted octanol–water partition coefficient (Wildman–Crippen LogP) is 2.58. The molecule has 0 saturated carbocycles. The summed E-state index contributed by atoms with van der Waals surface area (Å²) in [7, 11) is 2.04. The van der Waals surface area contributed by atoms with Crippen molar-refractivity contribution in [2.24, 2.45) is 0 Å². The van der Waals surface area contributed by atoms with Gasteiger partial charge in [-0.25, -0.2) is 4.90 Å². The molecule has 2 aliphatic rings. The molecule has 2 aromatic rings. The van der Waals surface area contributed by atoms with Crippen molar-refractivity contribution in [2.45, 2.75) is 13.8 Å². The number of anilines is 2. The molecule has 0 bridgehead atoms. The van der Waals surface area contributed by atoms with E-state index >= 15 is 0 Å². The van der Waals surface area contributed by atoms with Gasteiger partial charge >= 0.3 is 0 Å². The quantitative estimate of drug-likeness (QED) is 0.684. The number of nitrogens with one attached hydrogen (secondary N) is 1. The highest BCUT2D eigenvalue weighted by Crippen LogP contribution is 2.36. The van der Waals surface area contributed by atoms with E-state index in [4.69, 9.17) is 4.74 Å². The summed E-state index contributed by atoms with van der Waals surface area (Å²) in [4.78, 5) is 44.1. The molecule has 1 saturated heterocycles. The van der Waals surface area contributed by atoms with E-state index in [1.807, 2.05) is 18.9 Å². The summed E-state index contributed by atoms with van der Waals surface area (Å²) >= 11 is 0. The summed E-state index contributed by atoms with van der Waals surface area (Å²) in [6.07, 6.45) is 0. The van der Waals surface area contributed by atoms with Crippen LogP contribution in [-0.2, 0) is 14.4 Å². The summed E-state index contributed by atoms with van der Waals surface area (Å²) in [5.41, 5.74) is 2.54. The van der Waals surface area contributed by atoms with Crippen molar-refractivity contribution in [2.75, 3.05) is 50.1 Å². The zero-order valence-corrected chi connectivity index (χ0v) is 19.1. The zero-order chi connectivity index (χ0) is 23.5. The van der Waals surface area contributed by atoms with E-state index in [0.717, 1.165) is 13.1 Å². The molecule has 33 heavy (non-hydrogen) atoms.